The number of hydrogen-bond donors (Lipinski definition) is 0. The number of aromatic nitrogens is 4. The molecule has 0 saturated heterocycles. The fraction of sp³-hybridized carbons (Fsp3) is 0. The molecule has 0 N–H and O–H groups in total. The van der Waals surface area contributed by atoms with E-state index in [4.69, 9.17) is 9.97 Å². The van der Waals surface area contributed by atoms with Gasteiger partial charge >= 0.3 is 0 Å². The maximum atomic E-state index is 5.49. The quantitative estimate of drug-likeness (QED) is 0.205. The molecule has 0 unspecified atom stereocenters. The van der Waals surface area contributed by atoms with E-state index in [1.807, 2.05) is 0 Å². The van der Waals surface area contributed by atoms with Gasteiger partial charge in [-0.3, -0.25) is 4.57 Å². The van der Waals surface area contributed by atoms with Crippen LogP contribution < -0.4 is 0 Å². The number of benzene rings is 6. The van der Waals surface area contributed by atoms with Crippen molar-refractivity contribution in [2.24, 2.45) is 0 Å². The molecule has 6 aromatic carbocycles. The predicted octanol–water partition coefficient (Wildman–Crippen LogP) is 10.7. The van der Waals surface area contributed by atoms with Crippen LogP contribution in [0.1, 0.15) is 0 Å². The maximum absolute atomic E-state index is 5.49. The molecule has 0 bridgehead atoms. The van der Waals surface area contributed by atoms with Gasteiger partial charge in [-0.05, 0) is 42.5 Å². The number of fused-ring (bicyclic) bond motifs is 9. The lowest BCUT2D eigenvalue weighted by atomic mass is 10.1. The van der Waals surface area contributed by atoms with Gasteiger partial charge in [-0.25, -0.2) is 9.97 Å². The van der Waals surface area contributed by atoms with Crippen molar-refractivity contribution in [3.63, 3.8) is 0 Å². The predicted molar refractivity (Wildman–Crippen MR) is 189 cm³/mol. The van der Waals surface area contributed by atoms with Crippen LogP contribution in [-0.2, 0) is 0 Å². The summed E-state index contributed by atoms with van der Waals surface area (Å²) < 4.78 is 5.85. The summed E-state index contributed by atoms with van der Waals surface area (Å²) in [5.74, 6) is 0.838. The molecular formula is C40H24N4S. The SMILES string of the molecule is c1ccc(-n2c3ccccc3c3ccc(-c4nc5sc6ccccc6c5nc4-n4c5ccccc5c5ccccc54)cc32)cc1. The van der Waals surface area contributed by atoms with Crippen LogP contribution in [0.4, 0.5) is 0 Å². The second-order valence-electron chi connectivity index (χ2n) is 11.4. The molecule has 0 amide bonds. The smallest absolute Gasteiger partial charge is 0.165 e. The third kappa shape index (κ3) is 3.53. The van der Waals surface area contributed by atoms with E-state index < -0.39 is 0 Å². The van der Waals surface area contributed by atoms with Crippen molar-refractivity contribution in [1.29, 1.82) is 0 Å². The van der Waals surface area contributed by atoms with Crippen LogP contribution in [0.2, 0.25) is 0 Å². The Morgan fingerprint density at radius 3 is 1.69 bits per heavy atom. The van der Waals surface area contributed by atoms with Crippen molar-refractivity contribution < 1.29 is 0 Å². The molecule has 4 heterocycles. The molecule has 10 aromatic rings. The van der Waals surface area contributed by atoms with Gasteiger partial charge in [-0.1, -0.05) is 103 Å². The van der Waals surface area contributed by atoms with Gasteiger partial charge in [0.1, 0.15) is 16.0 Å². The summed E-state index contributed by atoms with van der Waals surface area (Å²) in [6, 6.07) is 51.7. The summed E-state index contributed by atoms with van der Waals surface area (Å²) in [4.78, 5) is 11.9. The number of para-hydroxylation sites is 4. The topological polar surface area (TPSA) is 35.6 Å². The average Bonchev–Trinajstić information content (AvgIpc) is 3.75. The van der Waals surface area contributed by atoms with Gasteiger partial charge in [0, 0.05) is 42.9 Å². The maximum Gasteiger partial charge on any atom is 0.165 e. The van der Waals surface area contributed by atoms with Crippen LogP contribution in [0.25, 0.3) is 86.8 Å². The van der Waals surface area contributed by atoms with E-state index in [9.17, 15) is 0 Å². The lowest BCUT2D eigenvalue weighted by Gasteiger charge is -2.13. The fourth-order valence-electron chi connectivity index (χ4n) is 6.99. The third-order valence-electron chi connectivity index (χ3n) is 8.95. The molecule has 45 heavy (non-hydrogen) atoms. The standard InChI is InChI=1S/C40H24N4S/c1-2-12-26(13-3-1)43-32-18-8-4-16-29(32)30-23-22-25(24-35(30)43)37-39(41-38-31-17-7-11-21-36(31)45-40(38)42-37)44-33-19-9-5-14-27(33)28-15-6-10-20-34(28)44/h1-24H. The van der Waals surface area contributed by atoms with Crippen molar-refractivity contribution >= 4 is 75.4 Å². The highest BCUT2D eigenvalue weighted by Gasteiger charge is 2.22. The number of rotatable bonds is 3. The van der Waals surface area contributed by atoms with Gasteiger partial charge in [-0.15, -0.1) is 11.3 Å². The lowest BCUT2D eigenvalue weighted by molar-refractivity contribution is 1.08. The van der Waals surface area contributed by atoms with E-state index in [1.165, 1.54) is 31.8 Å². The van der Waals surface area contributed by atoms with Crippen molar-refractivity contribution in [2.45, 2.75) is 0 Å². The van der Waals surface area contributed by atoms with Gasteiger partial charge in [0.2, 0.25) is 0 Å². The van der Waals surface area contributed by atoms with E-state index in [2.05, 4.69) is 155 Å². The molecule has 5 heteroatoms. The fourth-order valence-corrected chi connectivity index (χ4v) is 8.01. The van der Waals surface area contributed by atoms with E-state index in [0.717, 1.165) is 55.0 Å². The Bertz CT molecular complexity index is 2710. The second-order valence-corrected chi connectivity index (χ2v) is 12.5. The summed E-state index contributed by atoms with van der Waals surface area (Å²) in [6.45, 7) is 0. The summed E-state index contributed by atoms with van der Waals surface area (Å²) >= 11 is 1.70. The van der Waals surface area contributed by atoms with Gasteiger partial charge in [0.15, 0.2) is 5.82 Å². The molecule has 0 spiro atoms. The molecule has 0 aliphatic carbocycles. The van der Waals surface area contributed by atoms with Crippen molar-refractivity contribution in [3.8, 4) is 22.8 Å². The van der Waals surface area contributed by atoms with E-state index in [-0.39, 0.29) is 0 Å². The first kappa shape index (κ1) is 24.6. The van der Waals surface area contributed by atoms with Gasteiger partial charge in [0.05, 0.1) is 22.1 Å². The molecule has 0 aliphatic rings. The molecule has 210 valence electrons. The monoisotopic (exact) mass is 592 g/mol. The molecule has 4 aromatic heterocycles. The minimum Gasteiger partial charge on any atom is -0.309 e. The van der Waals surface area contributed by atoms with E-state index in [0.29, 0.717) is 0 Å². The molecule has 4 nitrogen and oxygen atoms in total. The minimum atomic E-state index is 0.838. The summed E-state index contributed by atoms with van der Waals surface area (Å²) in [5.41, 5.74) is 8.54. The Hall–Kier alpha value is -5.78. The Balaban J connectivity index is 1.35. The highest BCUT2D eigenvalue weighted by Crippen LogP contribution is 2.40. The van der Waals surface area contributed by atoms with Crippen LogP contribution in [0.15, 0.2) is 146 Å². The molecular weight excluding hydrogens is 569 g/mol. The van der Waals surface area contributed by atoms with Gasteiger partial charge < -0.3 is 4.57 Å². The minimum absolute atomic E-state index is 0.838. The summed E-state index contributed by atoms with van der Waals surface area (Å²) in [5, 5.41) is 5.99. The largest absolute Gasteiger partial charge is 0.309 e. The van der Waals surface area contributed by atoms with Crippen LogP contribution in [-0.4, -0.2) is 19.1 Å². The van der Waals surface area contributed by atoms with Crippen molar-refractivity contribution in [3.05, 3.63) is 146 Å². The van der Waals surface area contributed by atoms with Crippen LogP contribution >= 0.6 is 11.3 Å². The zero-order valence-electron chi connectivity index (χ0n) is 24.1. The second kappa shape index (κ2) is 9.36. The Kier molecular flexibility index (Phi) is 5.12. The molecule has 0 fully saturated rings. The summed E-state index contributed by atoms with van der Waals surface area (Å²) in [6.07, 6.45) is 0. The number of nitrogens with zero attached hydrogens (tertiary/aromatic N) is 4. The molecule has 10 rings (SSSR count). The molecule has 0 aliphatic heterocycles. The molecule has 0 radical (unpaired) electrons. The van der Waals surface area contributed by atoms with Gasteiger partial charge in [-0.2, -0.15) is 0 Å². The number of thiophene rings is 1. The zero-order chi connectivity index (χ0) is 29.5. The van der Waals surface area contributed by atoms with Crippen LogP contribution in [0.5, 0.6) is 0 Å². The molecule has 0 saturated carbocycles. The van der Waals surface area contributed by atoms with Crippen LogP contribution in [0.3, 0.4) is 0 Å². The highest BCUT2D eigenvalue weighted by atomic mass is 32.1. The van der Waals surface area contributed by atoms with Gasteiger partial charge in [0.25, 0.3) is 0 Å². The van der Waals surface area contributed by atoms with Crippen molar-refractivity contribution in [2.75, 3.05) is 0 Å². The first-order chi connectivity index (χ1) is 22.3. The molecule has 0 atom stereocenters. The summed E-state index contributed by atoms with van der Waals surface area (Å²) in [7, 11) is 0. The highest BCUT2D eigenvalue weighted by molar-refractivity contribution is 7.25. The van der Waals surface area contributed by atoms with E-state index in [1.54, 1.807) is 11.3 Å². The third-order valence-corrected chi connectivity index (χ3v) is 10.0. The first-order valence-electron chi connectivity index (χ1n) is 15.1. The van der Waals surface area contributed by atoms with E-state index >= 15 is 0 Å². The van der Waals surface area contributed by atoms with Crippen LogP contribution in [0, 0.1) is 0 Å². The Morgan fingerprint density at radius 2 is 1.00 bits per heavy atom. The number of hydrogen-bond acceptors (Lipinski definition) is 3. The first-order valence-corrected chi connectivity index (χ1v) is 15.9. The zero-order valence-corrected chi connectivity index (χ0v) is 24.9. The lowest BCUT2D eigenvalue weighted by Crippen LogP contribution is -2.03. The average molecular weight is 593 g/mol. The Morgan fingerprint density at radius 1 is 0.444 bits per heavy atom. The Labute approximate surface area is 262 Å². The normalized spacial score (nSPS) is 12.0. The van der Waals surface area contributed by atoms with Crippen molar-refractivity contribution in [1.82, 2.24) is 19.1 Å².